The molecule has 0 aromatic heterocycles. The highest BCUT2D eigenvalue weighted by Crippen LogP contribution is 2.34. The van der Waals surface area contributed by atoms with Crippen molar-refractivity contribution in [3.63, 3.8) is 0 Å². The van der Waals surface area contributed by atoms with Crippen LogP contribution in [-0.4, -0.2) is 46.4 Å². The molecular formula is C24H26N2O4S. The third-order valence-electron chi connectivity index (χ3n) is 5.93. The molecule has 0 saturated carbocycles. The van der Waals surface area contributed by atoms with Crippen LogP contribution in [0.2, 0.25) is 0 Å². The Morgan fingerprint density at radius 1 is 1.03 bits per heavy atom. The zero-order chi connectivity index (χ0) is 22.3. The maximum absolute atomic E-state index is 13.3. The minimum absolute atomic E-state index is 0.00910. The summed E-state index contributed by atoms with van der Waals surface area (Å²) < 4.78 is 31.3. The number of ether oxygens (including phenoxy) is 1. The van der Waals surface area contributed by atoms with Crippen molar-refractivity contribution >= 4 is 32.4 Å². The first-order valence-corrected chi connectivity index (χ1v) is 11.6. The molecule has 1 aliphatic heterocycles. The fourth-order valence-corrected chi connectivity index (χ4v) is 4.95. The maximum atomic E-state index is 13.3. The largest absolute Gasteiger partial charge is 0.497 e. The fraction of sp³-hybridized carbons (Fsp3) is 0.292. The predicted molar refractivity (Wildman–Crippen MR) is 122 cm³/mol. The topological polar surface area (TPSA) is 66.9 Å². The zero-order valence-corrected chi connectivity index (χ0v) is 18.9. The first kappa shape index (κ1) is 21.3. The fourth-order valence-electron chi connectivity index (χ4n) is 3.99. The number of benzene rings is 3. The number of carbonyl (C=O) groups is 1. The van der Waals surface area contributed by atoms with Gasteiger partial charge in [-0.2, -0.15) is 0 Å². The molecule has 31 heavy (non-hydrogen) atoms. The lowest BCUT2D eigenvalue weighted by Crippen LogP contribution is -2.32. The van der Waals surface area contributed by atoms with Gasteiger partial charge in [-0.25, -0.2) is 12.7 Å². The summed E-state index contributed by atoms with van der Waals surface area (Å²) in [4.78, 5) is 15.3. The number of fused-ring (bicyclic) bond motifs is 2. The summed E-state index contributed by atoms with van der Waals surface area (Å²) in [5, 5.41) is 2.11. The van der Waals surface area contributed by atoms with Gasteiger partial charge in [0.2, 0.25) is 15.9 Å². The lowest BCUT2D eigenvalue weighted by molar-refractivity contribution is -0.119. The van der Waals surface area contributed by atoms with E-state index in [1.165, 1.54) is 18.4 Å². The molecule has 1 atom stereocenters. The van der Waals surface area contributed by atoms with E-state index in [-0.39, 0.29) is 16.7 Å². The Morgan fingerprint density at radius 2 is 1.74 bits per heavy atom. The van der Waals surface area contributed by atoms with Crippen LogP contribution in [0.25, 0.3) is 10.8 Å². The van der Waals surface area contributed by atoms with Crippen LogP contribution in [0, 0.1) is 0 Å². The van der Waals surface area contributed by atoms with Crippen molar-refractivity contribution in [3.05, 3.63) is 65.7 Å². The molecule has 1 heterocycles. The molecule has 0 aliphatic carbocycles. The van der Waals surface area contributed by atoms with Crippen LogP contribution in [0.1, 0.15) is 24.0 Å². The van der Waals surface area contributed by atoms with Crippen molar-refractivity contribution in [2.45, 2.75) is 24.2 Å². The highest BCUT2D eigenvalue weighted by atomic mass is 32.2. The van der Waals surface area contributed by atoms with Crippen LogP contribution in [0.3, 0.4) is 0 Å². The van der Waals surface area contributed by atoms with Crippen molar-refractivity contribution in [2.75, 3.05) is 32.6 Å². The molecule has 4 rings (SSSR count). The van der Waals surface area contributed by atoms with Crippen molar-refractivity contribution < 1.29 is 17.9 Å². The number of nitrogens with zero attached hydrogens (tertiary/aromatic N) is 2. The number of sulfonamides is 1. The van der Waals surface area contributed by atoms with Gasteiger partial charge in [-0.15, -0.1) is 0 Å². The number of carbonyl (C=O) groups excluding carboxylic acids is 1. The number of anilines is 1. The van der Waals surface area contributed by atoms with Gasteiger partial charge in [-0.3, -0.25) is 4.79 Å². The average molecular weight is 439 g/mol. The molecule has 6 nitrogen and oxygen atoms in total. The van der Waals surface area contributed by atoms with Crippen molar-refractivity contribution in [1.29, 1.82) is 0 Å². The molecule has 3 aromatic rings. The van der Waals surface area contributed by atoms with Gasteiger partial charge >= 0.3 is 0 Å². The molecular weight excluding hydrogens is 412 g/mol. The molecule has 0 bridgehead atoms. The Labute approximate surface area is 183 Å². The van der Waals surface area contributed by atoms with E-state index in [2.05, 4.69) is 0 Å². The maximum Gasteiger partial charge on any atom is 0.242 e. The van der Waals surface area contributed by atoms with Crippen molar-refractivity contribution in [2.24, 2.45) is 0 Å². The van der Waals surface area contributed by atoms with Crippen molar-refractivity contribution in [1.82, 2.24) is 4.31 Å². The molecule has 0 N–H and O–H groups in total. The second-order valence-corrected chi connectivity index (χ2v) is 10.2. The first-order chi connectivity index (χ1) is 14.7. The van der Waals surface area contributed by atoms with Gasteiger partial charge in [0.25, 0.3) is 0 Å². The molecule has 0 fully saturated rings. The summed E-state index contributed by atoms with van der Waals surface area (Å²) in [6.07, 6.45) is 0.641. The van der Waals surface area contributed by atoms with E-state index in [1.54, 1.807) is 30.2 Å². The summed E-state index contributed by atoms with van der Waals surface area (Å²) >= 11 is 0. The molecule has 1 aliphatic rings. The number of amides is 1. The van der Waals surface area contributed by atoms with Gasteiger partial charge in [-0.05, 0) is 65.6 Å². The number of methoxy groups -OCH3 is 1. The molecule has 1 amide bonds. The minimum atomic E-state index is -3.50. The van der Waals surface area contributed by atoms with Crippen LogP contribution in [0.4, 0.5) is 5.69 Å². The standard InChI is InChI=1S/C24H26N2O4S/c1-16(17-5-6-19-14-21(30-4)8-7-18(19)13-17)24(27)26-12-11-20-15-22(9-10-23(20)26)31(28,29)25(2)3/h5-10,13-16H,11-12H2,1-4H3/t16-/m0/s1. The van der Waals surface area contributed by atoms with Gasteiger partial charge in [0.1, 0.15) is 5.75 Å². The summed E-state index contributed by atoms with van der Waals surface area (Å²) in [5.74, 6) is 0.492. The number of hydrogen-bond donors (Lipinski definition) is 0. The smallest absolute Gasteiger partial charge is 0.242 e. The quantitative estimate of drug-likeness (QED) is 0.608. The molecule has 0 spiro atoms. The van der Waals surface area contributed by atoms with Gasteiger partial charge in [0.15, 0.2) is 0 Å². The molecule has 0 unspecified atom stereocenters. The van der Waals surface area contributed by atoms with E-state index >= 15 is 0 Å². The molecule has 0 saturated heterocycles. The molecule has 3 aromatic carbocycles. The second kappa shape index (κ2) is 7.98. The summed E-state index contributed by atoms with van der Waals surface area (Å²) in [7, 11) is 1.17. The van der Waals surface area contributed by atoms with E-state index in [0.29, 0.717) is 13.0 Å². The van der Waals surface area contributed by atoms with E-state index < -0.39 is 10.0 Å². The Kier molecular flexibility index (Phi) is 5.49. The average Bonchev–Trinajstić information content (AvgIpc) is 3.20. The third-order valence-corrected chi connectivity index (χ3v) is 7.74. The first-order valence-electron chi connectivity index (χ1n) is 10.2. The number of rotatable bonds is 5. The SMILES string of the molecule is COc1ccc2cc([C@H](C)C(=O)N3CCc4cc(S(=O)(=O)N(C)C)ccc43)ccc2c1. The second-order valence-electron chi connectivity index (χ2n) is 8.01. The highest BCUT2D eigenvalue weighted by molar-refractivity contribution is 7.89. The predicted octanol–water partition coefficient (Wildman–Crippen LogP) is 3.79. The van der Waals surface area contributed by atoms with Gasteiger partial charge < -0.3 is 9.64 Å². The molecule has 162 valence electrons. The van der Waals surface area contributed by atoms with E-state index in [0.717, 1.165) is 33.3 Å². The summed E-state index contributed by atoms with van der Waals surface area (Å²) in [5.41, 5.74) is 2.62. The minimum Gasteiger partial charge on any atom is -0.497 e. The Hall–Kier alpha value is -2.90. The molecule has 0 radical (unpaired) electrons. The zero-order valence-electron chi connectivity index (χ0n) is 18.1. The molecule has 7 heteroatoms. The van der Waals surface area contributed by atoms with Gasteiger partial charge in [0, 0.05) is 26.3 Å². The third kappa shape index (κ3) is 3.79. The van der Waals surface area contributed by atoms with Crippen LogP contribution in [0.15, 0.2) is 59.5 Å². The lowest BCUT2D eigenvalue weighted by atomic mass is 9.96. The monoisotopic (exact) mass is 438 g/mol. The van der Waals surface area contributed by atoms with E-state index in [1.807, 2.05) is 43.3 Å². The van der Waals surface area contributed by atoms with Crippen molar-refractivity contribution in [3.8, 4) is 5.75 Å². The lowest BCUT2D eigenvalue weighted by Gasteiger charge is -2.22. The van der Waals surface area contributed by atoms with Crippen LogP contribution in [-0.2, 0) is 21.2 Å². The Balaban J connectivity index is 1.60. The van der Waals surface area contributed by atoms with Gasteiger partial charge in [-0.1, -0.05) is 24.3 Å². The summed E-state index contributed by atoms with van der Waals surface area (Å²) in [6, 6.07) is 16.9. The van der Waals surface area contributed by atoms with Gasteiger partial charge in [0.05, 0.1) is 17.9 Å². The normalized spacial score (nSPS) is 14.7. The van der Waals surface area contributed by atoms with E-state index in [9.17, 15) is 13.2 Å². The summed E-state index contributed by atoms with van der Waals surface area (Å²) in [6.45, 7) is 2.46. The van der Waals surface area contributed by atoms with E-state index in [4.69, 9.17) is 4.74 Å². The van der Waals surface area contributed by atoms with Crippen LogP contribution < -0.4 is 9.64 Å². The van der Waals surface area contributed by atoms with Crippen LogP contribution in [0.5, 0.6) is 5.75 Å². The van der Waals surface area contributed by atoms with Crippen LogP contribution >= 0.6 is 0 Å². The Morgan fingerprint density at radius 3 is 2.45 bits per heavy atom. The Bertz CT molecular complexity index is 1270. The highest BCUT2D eigenvalue weighted by Gasteiger charge is 2.30. The number of hydrogen-bond acceptors (Lipinski definition) is 4.